The average Bonchev–Trinajstić information content (AvgIpc) is 2.82. The second-order valence-electron chi connectivity index (χ2n) is 5.43. The SMILES string of the molecule is CC(C)c1cc(C(=O)NCCC2=CCOCC2)nn1C. The highest BCUT2D eigenvalue weighted by molar-refractivity contribution is 5.92. The molecule has 0 aromatic carbocycles. The van der Waals surface area contributed by atoms with Gasteiger partial charge in [0.25, 0.3) is 5.91 Å². The Bertz CT molecular complexity index is 503. The Morgan fingerprint density at radius 1 is 1.55 bits per heavy atom. The van der Waals surface area contributed by atoms with E-state index < -0.39 is 0 Å². The molecule has 2 heterocycles. The zero-order valence-electron chi connectivity index (χ0n) is 12.5. The number of aromatic nitrogens is 2. The second-order valence-corrected chi connectivity index (χ2v) is 5.43. The number of nitrogens with zero attached hydrogens (tertiary/aromatic N) is 2. The lowest BCUT2D eigenvalue weighted by atomic mass is 10.1. The largest absolute Gasteiger partial charge is 0.377 e. The molecule has 1 aromatic heterocycles. The van der Waals surface area contributed by atoms with E-state index in [0.29, 0.717) is 24.8 Å². The Morgan fingerprint density at radius 2 is 2.35 bits per heavy atom. The zero-order chi connectivity index (χ0) is 14.5. The van der Waals surface area contributed by atoms with E-state index in [4.69, 9.17) is 4.74 Å². The molecule has 110 valence electrons. The van der Waals surface area contributed by atoms with Gasteiger partial charge in [0.1, 0.15) is 5.69 Å². The van der Waals surface area contributed by atoms with Gasteiger partial charge < -0.3 is 10.1 Å². The fourth-order valence-corrected chi connectivity index (χ4v) is 2.35. The molecular weight excluding hydrogens is 254 g/mol. The van der Waals surface area contributed by atoms with Crippen LogP contribution in [0.4, 0.5) is 0 Å². The molecule has 1 aromatic rings. The molecular formula is C15H23N3O2. The van der Waals surface area contributed by atoms with Crippen molar-refractivity contribution in [3.8, 4) is 0 Å². The van der Waals surface area contributed by atoms with Crippen LogP contribution in [0.1, 0.15) is 48.8 Å². The van der Waals surface area contributed by atoms with Crippen molar-refractivity contribution in [3.63, 3.8) is 0 Å². The summed E-state index contributed by atoms with van der Waals surface area (Å²) in [5.41, 5.74) is 2.93. The van der Waals surface area contributed by atoms with Crippen LogP contribution >= 0.6 is 0 Å². The van der Waals surface area contributed by atoms with E-state index in [9.17, 15) is 4.79 Å². The average molecular weight is 277 g/mol. The minimum absolute atomic E-state index is 0.0971. The number of hydrogen-bond donors (Lipinski definition) is 1. The summed E-state index contributed by atoms with van der Waals surface area (Å²) in [5, 5.41) is 7.20. The summed E-state index contributed by atoms with van der Waals surface area (Å²) < 4.78 is 7.04. The lowest BCUT2D eigenvalue weighted by Gasteiger charge is -2.13. The Morgan fingerprint density at radius 3 is 2.95 bits per heavy atom. The molecule has 0 fully saturated rings. The van der Waals surface area contributed by atoms with Crippen molar-refractivity contribution >= 4 is 5.91 Å². The molecule has 0 bridgehead atoms. The second kappa shape index (κ2) is 6.70. The third-order valence-electron chi connectivity index (χ3n) is 3.53. The molecule has 5 nitrogen and oxygen atoms in total. The minimum Gasteiger partial charge on any atom is -0.377 e. The number of amides is 1. The Balaban J connectivity index is 1.85. The first-order valence-electron chi connectivity index (χ1n) is 7.15. The number of aryl methyl sites for hydroxylation is 1. The predicted molar refractivity (Wildman–Crippen MR) is 77.8 cm³/mol. The van der Waals surface area contributed by atoms with Crippen molar-refractivity contribution in [3.05, 3.63) is 29.1 Å². The van der Waals surface area contributed by atoms with E-state index in [2.05, 4.69) is 30.3 Å². The van der Waals surface area contributed by atoms with Crippen LogP contribution in [0, 0.1) is 0 Å². The molecule has 2 rings (SSSR count). The molecule has 0 spiro atoms. The number of ether oxygens (including phenoxy) is 1. The van der Waals surface area contributed by atoms with Gasteiger partial charge in [-0.3, -0.25) is 9.48 Å². The third kappa shape index (κ3) is 3.70. The fraction of sp³-hybridized carbons (Fsp3) is 0.600. The summed E-state index contributed by atoms with van der Waals surface area (Å²) in [6, 6.07) is 1.87. The number of hydrogen-bond acceptors (Lipinski definition) is 3. The van der Waals surface area contributed by atoms with E-state index in [-0.39, 0.29) is 5.91 Å². The molecule has 20 heavy (non-hydrogen) atoms. The third-order valence-corrected chi connectivity index (χ3v) is 3.53. The van der Waals surface area contributed by atoms with Crippen molar-refractivity contribution in [2.45, 2.75) is 32.6 Å². The topological polar surface area (TPSA) is 56.1 Å². The standard InChI is InChI=1S/C15H23N3O2/c1-11(2)14-10-13(17-18(14)3)15(19)16-7-4-12-5-8-20-9-6-12/h5,10-11H,4,6-9H2,1-3H3,(H,16,19). The number of carbonyl (C=O) groups excluding carboxylic acids is 1. The van der Waals surface area contributed by atoms with E-state index in [1.165, 1.54) is 5.57 Å². The van der Waals surface area contributed by atoms with E-state index in [1.54, 1.807) is 4.68 Å². The van der Waals surface area contributed by atoms with Gasteiger partial charge in [0.15, 0.2) is 0 Å². The lowest BCUT2D eigenvalue weighted by molar-refractivity contribution is 0.0948. The van der Waals surface area contributed by atoms with Crippen LogP contribution in [0.15, 0.2) is 17.7 Å². The van der Waals surface area contributed by atoms with Gasteiger partial charge in [-0.1, -0.05) is 25.5 Å². The van der Waals surface area contributed by atoms with Crippen LogP contribution in [-0.2, 0) is 11.8 Å². The first-order chi connectivity index (χ1) is 9.58. The van der Waals surface area contributed by atoms with Crippen LogP contribution in [-0.4, -0.2) is 35.4 Å². The summed E-state index contributed by atoms with van der Waals surface area (Å²) in [4.78, 5) is 12.0. The van der Waals surface area contributed by atoms with Crippen LogP contribution in [0.5, 0.6) is 0 Å². The van der Waals surface area contributed by atoms with E-state index >= 15 is 0 Å². The molecule has 0 aliphatic carbocycles. The lowest BCUT2D eigenvalue weighted by Crippen LogP contribution is -2.25. The number of rotatable bonds is 5. The van der Waals surface area contributed by atoms with Crippen LogP contribution in [0.3, 0.4) is 0 Å². The van der Waals surface area contributed by atoms with E-state index in [1.807, 2.05) is 13.1 Å². The van der Waals surface area contributed by atoms with Gasteiger partial charge >= 0.3 is 0 Å². The zero-order valence-corrected chi connectivity index (χ0v) is 12.5. The van der Waals surface area contributed by atoms with Gasteiger partial charge in [0.05, 0.1) is 13.2 Å². The van der Waals surface area contributed by atoms with Crippen molar-refractivity contribution in [2.24, 2.45) is 7.05 Å². The monoisotopic (exact) mass is 277 g/mol. The van der Waals surface area contributed by atoms with Gasteiger partial charge in [0.2, 0.25) is 0 Å². The molecule has 1 N–H and O–H groups in total. The summed E-state index contributed by atoms with van der Waals surface area (Å²) in [5.74, 6) is 0.265. The Hall–Kier alpha value is -1.62. The Kier molecular flexibility index (Phi) is 4.95. The maximum absolute atomic E-state index is 12.0. The van der Waals surface area contributed by atoms with Crippen LogP contribution in [0.25, 0.3) is 0 Å². The van der Waals surface area contributed by atoms with Gasteiger partial charge in [-0.05, 0) is 24.8 Å². The van der Waals surface area contributed by atoms with Gasteiger partial charge in [-0.2, -0.15) is 5.10 Å². The first kappa shape index (κ1) is 14.8. The molecule has 0 radical (unpaired) electrons. The minimum atomic E-state index is -0.0971. The van der Waals surface area contributed by atoms with E-state index in [0.717, 1.165) is 25.1 Å². The number of nitrogens with one attached hydrogen (secondary N) is 1. The maximum atomic E-state index is 12.0. The van der Waals surface area contributed by atoms with Gasteiger partial charge in [-0.25, -0.2) is 0 Å². The Labute approximate surface area is 120 Å². The highest BCUT2D eigenvalue weighted by atomic mass is 16.5. The quantitative estimate of drug-likeness (QED) is 0.838. The highest BCUT2D eigenvalue weighted by Crippen LogP contribution is 2.15. The molecule has 1 aliphatic rings. The molecule has 0 saturated heterocycles. The summed E-state index contributed by atoms with van der Waals surface area (Å²) in [6.45, 7) is 6.32. The molecule has 5 heteroatoms. The van der Waals surface area contributed by atoms with Crippen LogP contribution < -0.4 is 5.32 Å². The maximum Gasteiger partial charge on any atom is 0.271 e. The molecule has 0 saturated carbocycles. The number of carbonyl (C=O) groups is 1. The smallest absolute Gasteiger partial charge is 0.271 e. The summed E-state index contributed by atoms with van der Waals surface area (Å²) in [6.07, 6.45) is 3.96. The predicted octanol–water partition coefficient (Wildman–Crippen LogP) is 2.01. The molecule has 0 unspecified atom stereocenters. The summed E-state index contributed by atoms with van der Waals surface area (Å²) >= 11 is 0. The highest BCUT2D eigenvalue weighted by Gasteiger charge is 2.14. The normalized spacial score (nSPS) is 15.3. The first-order valence-corrected chi connectivity index (χ1v) is 7.15. The van der Waals surface area contributed by atoms with Crippen molar-refractivity contribution < 1.29 is 9.53 Å². The van der Waals surface area contributed by atoms with Crippen molar-refractivity contribution in [1.29, 1.82) is 0 Å². The van der Waals surface area contributed by atoms with Gasteiger partial charge in [-0.15, -0.1) is 0 Å². The fourth-order valence-electron chi connectivity index (χ4n) is 2.35. The van der Waals surface area contributed by atoms with Crippen molar-refractivity contribution in [1.82, 2.24) is 15.1 Å². The molecule has 0 atom stereocenters. The van der Waals surface area contributed by atoms with Crippen LogP contribution in [0.2, 0.25) is 0 Å². The molecule has 1 amide bonds. The summed E-state index contributed by atoms with van der Waals surface area (Å²) in [7, 11) is 1.87. The van der Waals surface area contributed by atoms with Crippen molar-refractivity contribution in [2.75, 3.05) is 19.8 Å². The van der Waals surface area contributed by atoms with Gasteiger partial charge in [0, 0.05) is 19.3 Å². The molecule has 1 aliphatic heterocycles.